The van der Waals surface area contributed by atoms with E-state index in [0.717, 1.165) is 5.56 Å². The van der Waals surface area contributed by atoms with E-state index >= 15 is 0 Å². The molecule has 2 N–H and O–H groups in total. The predicted octanol–water partition coefficient (Wildman–Crippen LogP) is 1.81. The zero-order valence-corrected chi connectivity index (χ0v) is 9.36. The molecule has 1 unspecified atom stereocenters. The second kappa shape index (κ2) is 4.45. The molecule has 0 aliphatic heterocycles. The second-order valence-corrected chi connectivity index (χ2v) is 3.93. The fraction of sp³-hybridized carbons (Fsp3) is 0.417. The largest absolute Gasteiger partial charge is 0.367 e. The number of ether oxygens (including phenoxy) is 1. The molecule has 1 aromatic rings. The lowest BCUT2D eigenvalue weighted by Gasteiger charge is -2.29. The summed E-state index contributed by atoms with van der Waals surface area (Å²) in [6.07, 6.45) is -0.0530. The summed E-state index contributed by atoms with van der Waals surface area (Å²) in [4.78, 5) is 11.5. The topological polar surface area (TPSA) is 52.3 Å². The number of hydrogen-bond donors (Lipinski definition) is 1. The fourth-order valence-corrected chi connectivity index (χ4v) is 1.50. The third-order valence-electron chi connectivity index (χ3n) is 2.27. The second-order valence-electron chi connectivity index (χ2n) is 3.93. The zero-order valence-electron chi connectivity index (χ0n) is 9.36. The Kier molecular flexibility index (Phi) is 3.48. The maximum absolute atomic E-state index is 11.5. The molecule has 0 aliphatic carbocycles. The van der Waals surface area contributed by atoms with Crippen molar-refractivity contribution in [2.24, 2.45) is 5.73 Å². The Bertz CT molecular complexity index is 335. The van der Waals surface area contributed by atoms with E-state index in [2.05, 4.69) is 0 Å². The van der Waals surface area contributed by atoms with Crippen molar-refractivity contribution in [2.45, 2.75) is 32.5 Å². The van der Waals surface area contributed by atoms with Crippen molar-refractivity contribution in [3.8, 4) is 0 Å². The minimum atomic E-state index is -1.05. The number of carbonyl (C=O) groups excluding carboxylic acids is 1. The highest BCUT2D eigenvalue weighted by Crippen LogP contribution is 2.26. The molecule has 1 amide bonds. The molecule has 15 heavy (non-hydrogen) atoms. The van der Waals surface area contributed by atoms with Crippen molar-refractivity contribution >= 4 is 5.91 Å². The Labute approximate surface area is 90.2 Å². The van der Waals surface area contributed by atoms with Crippen LogP contribution in [0.2, 0.25) is 0 Å². The van der Waals surface area contributed by atoms with Crippen LogP contribution < -0.4 is 5.73 Å². The van der Waals surface area contributed by atoms with Gasteiger partial charge in [-0.15, -0.1) is 0 Å². The summed E-state index contributed by atoms with van der Waals surface area (Å²) in [5.41, 5.74) is 5.12. The summed E-state index contributed by atoms with van der Waals surface area (Å²) in [5.74, 6) is -0.470. The van der Waals surface area contributed by atoms with Gasteiger partial charge >= 0.3 is 0 Å². The van der Waals surface area contributed by atoms with Crippen molar-refractivity contribution in [2.75, 3.05) is 0 Å². The molecular weight excluding hydrogens is 190 g/mol. The molecule has 1 aromatic carbocycles. The first-order valence-electron chi connectivity index (χ1n) is 5.00. The quantitative estimate of drug-likeness (QED) is 0.818. The molecule has 1 rings (SSSR count). The summed E-state index contributed by atoms with van der Waals surface area (Å²) in [6.45, 7) is 5.46. The summed E-state index contributed by atoms with van der Waals surface area (Å²) in [5, 5.41) is 0. The normalized spacial score (nSPS) is 14.9. The number of primary amides is 1. The average Bonchev–Trinajstić information content (AvgIpc) is 2.17. The van der Waals surface area contributed by atoms with Crippen LogP contribution in [0, 0.1) is 0 Å². The molecule has 0 fully saturated rings. The van der Waals surface area contributed by atoms with E-state index in [9.17, 15) is 4.79 Å². The van der Waals surface area contributed by atoms with Gasteiger partial charge in [-0.2, -0.15) is 0 Å². The van der Waals surface area contributed by atoms with Crippen molar-refractivity contribution in [1.82, 2.24) is 0 Å². The Hall–Kier alpha value is -1.35. The van der Waals surface area contributed by atoms with E-state index in [4.69, 9.17) is 10.5 Å². The van der Waals surface area contributed by atoms with Gasteiger partial charge in [0.05, 0.1) is 6.10 Å². The van der Waals surface area contributed by atoms with Gasteiger partial charge in [-0.1, -0.05) is 30.3 Å². The van der Waals surface area contributed by atoms with Crippen molar-refractivity contribution in [1.29, 1.82) is 0 Å². The van der Waals surface area contributed by atoms with E-state index < -0.39 is 11.5 Å². The SMILES string of the molecule is CC(C)OC(C)(C(N)=O)c1ccccc1. The Balaban J connectivity index is 3.07. The minimum Gasteiger partial charge on any atom is -0.367 e. The van der Waals surface area contributed by atoms with E-state index in [-0.39, 0.29) is 6.10 Å². The van der Waals surface area contributed by atoms with Crippen LogP contribution in [0.4, 0.5) is 0 Å². The number of nitrogens with two attached hydrogens (primary N) is 1. The van der Waals surface area contributed by atoms with Crippen LogP contribution in [0.1, 0.15) is 26.3 Å². The summed E-state index contributed by atoms with van der Waals surface area (Å²) in [7, 11) is 0. The van der Waals surface area contributed by atoms with Gasteiger partial charge in [-0.25, -0.2) is 0 Å². The number of carbonyl (C=O) groups is 1. The number of hydrogen-bond acceptors (Lipinski definition) is 2. The molecule has 0 heterocycles. The van der Waals surface area contributed by atoms with Crippen LogP contribution >= 0.6 is 0 Å². The molecule has 0 radical (unpaired) electrons. The van der Waals surface area contributed by atoms with Crippen LogP contribution in [0.25, 0.3) is 0 Å². The third-order valence-corrected chi connectivity index (χ3v) is 2.27. The molecule has 0 aromatic heterocycles. The predicted molar refractivity (Wildman–Crippen MR) is 59.2 cm³/mol. The Morgan fingerprint density at radius 3 is 2.27 bits per heavy atom. The summed E-state index contributed by atoms with van der Waals surface area (Å²) < 4.78 is 5.61. The van der Waals surface area contributed by atoms with Crippen LogP contribution in [-0.2, 0) is 15.1 Å². The van der Waals surface area contributed by atoms with Crippen LogP contribution in [0.15, 0.2) is 30.3 Å². The molecule has 0 aliphatic rings. The highest BCUT2D eigenvalue weighted by molar-refractivity contribution is 5.84. The van der Waals surface area contributed by atoms with Gasteiger partial charge in [0.1, 0.15) is 0 Å². The van der Waals surface area contributed by atoms with Crippen molar-refractivity contribution in [3.63, 3.8) is 0 Å². The lowest BCUT2D eigenvalue weighted by molar-refractivity contribution is -0.148. The first kappa shape index (κ1) is 11.7. The smallest absolute Gasteiger partial charge is 0.254 e. The van der Waals surface area contributed by atoms with Crippen LogP contribution in [0.5, 0.6) is 0 Å². The molecule has 0 saturated carbocycles. The van der Waals surface area contributed by atoms with Gasteiger partial charge in [0, 0.05) is 0 Å². The average molecular weight is 207 g/mol. The number of amides is 1. The maximum atomic E-state index is 11.5. The third kappa shape index (κ3) is 2.57. The molecule has 0 spiro atoms. The summed E-state index contributed by atoms with van der Waals surface area (Å²) >= 11 is 0. The first-order valence-corrected chi connectivity index (χ1v) is 5.00. The van der Waals surface area contributed by atoms with Gasteiger partial charge in [-0.3, -0.25) is 4.79 Å². The molecular formula is C12H17NO2. The van der Waals surface area contributed by atoms with Crippen molar-refractivity contribution in [3.05, 3.63) is 35.9 Å². The molecule has 3 nitrogen and oxygen atoms in total. The fourth-order valence-electron chi connectivity index (χ4n) is 1.50. The summed E-state index contributed by atoms with van der Waals surface area (Å²) in [6, 6.07) is 9.29. The monoisotopic (exact) mass is 207 g/mol. The van der Waals surface area contributed by atoms with Gasteiger partial charge in [-0.05, 0) is 26.3 Å². The van der Waals surface area contributed by atoms with E-state index in [0.29, 0.717) is 0 Å². The van der Waals surface area contributed by atoms with Crippen LogP contribution in [0.3, 0.4) is 0 Å². The molecule has 3 heteroatoms. The van der Waals surface area contributed by atoms with Gasteiger partial charge in [0.15, 0.2) is 5.60 Å². The molecule has 1 atom stereocenters. The van der Waals surface area contributed by atoms with Gasteiger partial charge in [0.2, 0.25) is 0 Å². The molecule has 0 bridgehead atoms. The van der Waals surface area contributed by atoms with Gasteiger partial charge < -0.3 is 10.5 Å². The highest BCUT2D eigenvalue weighted by atomic mass is 16.5. The lowest BCUT2D eigenvalue weighted by atomic mass is 9.95. The molecule has 82 valence electrons. The highest BCUT2D eigenvalue weighted by Gasteiger charge is 2.34. The number of benzene rings is 1. The Morgan fingerprint density at radius 2 is 1.87 bits per heavy atom. The Morgan fingerprint density at radius 1 is 1.33 bits per heavy atom. The van der Waals surface area contributed by atoms with Gasteiger partial charge in [0.25, 0.3) is 5.91 Å². The standard InChI is InChI=1S/C12H17NO2/c1-9(2)15-12(3,11(13)14)10-7-5-4-6-8-10/h4-9H,1-3H3,(H2,13,14). The lowest BCUT2D eigenvalue weighted by Crippen LogP contribution is -2.42. The first-order chi connectivity index (χ1) is 6.97. The van der Waals surface area contributed by atoms with E-state index in [1.54, 1.807) is 6.92 Å². The molecule has 0 saturated heterocycles. The zero-order chi connectivity index (χ0) is 11.5. The van der Waals surface area contributed by atoms with Crippen LogP contribution in [-0.4, -0.2) is 12.0 Å². The maximum Gasteiger partial charge on any atom is 0.254 e. The van der Waals surface area contributed by atoms with E-state index in [1.165, 1.54) is 0 Å². The van der Waals surface area contributed by atoms with Crippen molar-refractivity contribution < 1.29 is 9.53 Å². The minimum absolute atomic E-state index is 0.0530. The van der Waals surface area contributed by atoms with E-state index in [1.807, 2.05) is 44.2 Å². The number of rotatable bonds is 4.